The Morgan fingerprint density at radius 1 is 1.55 bits per heavy atom. The second-order valence-electron chi connectivity index (χ2n) is 1.94. The topological polar surface area (TPSA) is 43.1 Å². The van der Waals surface area contributed by atoms with Crippen molar-refractivity contribution in [1.82, 2.24) is 0 Å². The maximum Gasteiger partial charge on any atom is 0.165 e. The second-order valence-corrected chi connectivity index (χ2v) is 6.31. The molecule has 2 N–H and O–H groups in total. The van der Waals surface area contributed by atoms with Crippen LogP contribution in [0.25, 0.3) is 0 Å². The van der Waals surface area contributed by atoms with Crippen LogP contribution in [0, 0.1) is 0 Å². The third-order valence-corrected chi connectivity index (χ3v) is 5.84. The Labute approximate surface area is 87.4 Å². The predicted molar refractivity (Wildman–Crippen MR) is 52.2 cm³/mol. The maximum absolute atomic E-state index is 10.6. The van der Waals surface area contributed by atoms with Crippen molar-refractivity contribution in [2.24, 2.45) is 5.73 Å². The average molecular weight is 245 g/mol. The van der Waals surface area contributed by atoms with E-state index < -0.39 is 10.0 Å². The Bertz CT molecular complexity index is 148. The number of hydrogen-bond acceptors (Lipinski definition) is 2. The van der Waals surface area contributed by atoms with Gasteiger partial charge in [0.15, 0.2) is 5.62 Å². The number of rotatable bonds is 3. The largest absolute Gasteiger partial charge is 0.386 e. The molecule has 0 spiro atoms. The first-order valence-corrected chi connectivity index (χ1v) is 5.60. The fourth-order valence-electron chi connectivity index (χ4n) is 0.672. The van der Waals surface area contributed by atoms with Gasteiger partial charge in [-0.1, -0.05) is 26.1 Å². The van der Waals surface area contributed by atoms with Gasteiger partial charge in [0.2, 0.25) is 0 Å². The molecule has 0 aromatic carbocycles. The van der Waals surface area contributed by atoms with E-state index in [-0.39, 0.29) is 19.5 Å². The van der Waals surface area contributed by atoms with E-state index in [1.807, 2.05) is 13.8 Å². The monoisotopic (exact) mass is 243 g/mol. The van der Waals surface area contributed by atoms with Crippen molar-refractivity contribution in [3.8, 4) is 0 Å². The van der Waals surface area contributed by atoms with Crippen molar-refractivity contribution in [1.29, 1.82) is 0 Å². The van der Waals surface area contributed by atoms with Gasteiger partial charge in [-0.2, -0.15) is 0 Å². The summed E-state index contributed by atoms with van der Waals surface area (Å²) >= 11 is 4.81. The summed E-state index contributed by atoms with van der Waals surface area (Å²) in [6, 6.07) is 0. The van der Waals surface area contributed by atoms with Gasteiger partial charge >= 0.3 is 0 Å². The van der Waals surface area contributed by atoms with E-state index in [2.05, 4.69) is 0 Å². The van der Waals surface area contributed by atoms with Crippen LogP contribution in [0.1, 0.15) is 13.8 Å². The molecule has 0 saturated heterocycles. The van der Waals surface area contributed by atoms with Crippen LogP contribution in [0.15, 0.2) is 0 Å². The summed E-state index contributed by atoms with van der Waals surface area (Å²) in [6.45, 7) is 3.90. The number of thiocarbonyl (C=S) groups is 1. The molecule has 62 valence electrons. The molecule has 0 aliphatic rings. The zero-order valence-corrected chi connectivity index (χ0v) is 11.6. The maximum atomic E-state index is 10.6. The summed E-state index contributed by atoms with van der Waals surface area (Å²) in [7, 11) is -1.40. The van der Waals surface area contributed by atoms with Gasteiger partial charge in [0, 0.05) is 19.5 Å². The standard InChI is InChI=1S/C6H13NOS2.Zn/c1-3-10(4-2,5-8)6(7)9;/h5H,3-4H2,1-2H3,(H2,7,9);. The summed E-state index contributed by atoms with van der Waals surface area (Å²) in [5.41, 5.74) is 6.38. The van der Waals surface area contributed by atoms with Crippen LogP contribution in [0.3, 0.4) is 0 Å². The first-order valence-electron chi connectivity index (χ1n) is 3.16. The molecule has 0 aromatic heterocycles. The molecule has 0 saturated carbocycles. The Hall–Kier alpha value is 0.533. The van der Waals surface area contributed by atoms with Crippen molar-refractivity contribution in [3.63, 3.8) is 0 Å². The van der Waals surface area contributed by atoms with E-state index in [0.717, 1.165) is 17.1 Å². The number of hydrogen-bond donors (Lipinski definition) is 1. The molecule has 0 rings (SSSR count). The zero-order chi connectivity index (χ0) is 8.20. The molecule has 0 amide bonds. The third-order valence-electron chi connectivity index (χ3n) is 1.62. The van der Waals surface area contributed by atoms with Crippen molar-refractivity contribution in [2.45, 2.75) is 13.8 Å². The summed E-state index contributed by atoms with van der Waals surface area (Å²) in [6.07, 6.45) is 0. The first kappa shape index (κ1) is 14.1. The summed E-state index contributed by atoms with van der Waals surface area (Å²) in [4.78, 5) is 10.6. The SMILES string of the molecule is CCS(C=O)(CC)C(N)=S.[Zn]. The van der Waals surface area contributed by atoms with Gasteiger partial charge in [-0.3, -0.25) is 4.79 Å². The van der Waals surface area contributed by atoms with Crippen molar-refractivity contribution in [2.75, 3.05) is 11.5 Å². The van der Waals surface area contributed by atoms with Crippen molar-refractivity contribution < 1.29 is 24.3 Å². The summed E-state index contributed by atoms with van der Waals surface area (Å²) in [5, 5.41) is 0. The zero-order valence-electron chi connectivity index (χ0n) is 7.00. The minimum Gasteiger partial charge on any atom is -0.386 e. The van der Waals surface area contributed by atoms with Crippen molar-refractivity contribution >= 4 is 32.2 Å². The number of nitrogens with two attached hydrogens (primary N) is 1. The average Bonchev–Trinajstić information content (AvgIpc) is 1.92. The van der Waals surface area contributed by atoms with Gasteiger partial charge in [-0.05, 0) is 11.5 Å². The van der Waals surface area contributed by atoms with E-state index in [1.165, 1.54) is 0 Å². The third kappa shape index (κ3) is 3.18. The fraction of sp³-hybridized carbons (Fsp3) is 0.667. The van der Waals surface area contributed by atoms with Crippen molar-refractivity contribution in [3.05, 3.63) is 0 Å². The van der Waals surface area contributed by atoms with Gasteiger partial charge in [0.25, 0.3) is 0 Å². The van der Waals surface area contributed by atoms with Crippen LogP contribution in [0.5, 0.6) is 0 Å². The van der Waals surface area contributed by atoms with E-state index >= 15 is 0 Å². The van der Waals surface area contributed by atoms with Crippen LogP contribution < -0.4 is 5.73 Å². The molecular formula is C6H13NOS2Zn. The Kier molecular flexibility index (Phi) is 7.80. The van der Waals surface area contributed by atoms with E-state index in [1.54, 1.807) is 0 Å². The molecule has 11 heavy (non-hydrogen) atoms. The Balaban J connectivity index is 0. The molecule has 0 aromatic rings. The normalized spacial score (nSPS) is 11.5. The Morgan fingerprint density at radius 3 is 1.91 bits per heavy atom. The summed E-state index contributed by atoms with van der Waals surface area (Å²) < 4.78 is 0.396. The number of carbonyl (C=O) groups excluding carboxylic acids is 1. The smallest absolute Gasteiger partial charge is 0.165 e. The van der Waals surface area contributed by atoms with Gasteiger partial charge in [0.05, 0.1) is 0 Å². The molecule has 5 heteroatoms. The van der Waals surface area contributed by atoms with Crippen LogP contribution in [-0.2, 0) is 24.3 Å². The van der Waals surface area contributed by atoms with Gasteiger partial charge < -0.3 is 5.73 Å². The molecule has 0 unspecified atom stereocenters. The predicted octanol–water partition coefficient (Wildman–Crippen LogP) is 1.26. The van der Waals surface area contributed by atoms with E-state index in [0.29, 0.717) is 4.32 Å². The van der Waals surface area contributed by atoms with Gasteiger partial charge in [-0.15, -0.1) is 10.0 Å². The molecule has 2 nitrogen and oxygen atoms in total. The second kappa shape index (κ2) is 6.09. The molecular weight excluding hydrogens is 232 g/mol. The van der Waals surface area contributed by atoms with E-state index in [9.17, 15) is 4.79 Å². The Morgan fingerprint density at radius 2 is 1.91 bits per heavy atom. The summed E-state index contributed by atoms with van der Waals surface area (Å²) in [5.74, 6) is 1.56. The van der Waals surface area contributed by atoms with Gasteiger partial charge in [-0.25, -0.2) is 0 Å². The molecule has 0 aliphatic heterocycles. The van der Waals surface area contributed by atoms with Crippen LogP contribution in [0.4, 0.5) is 0 Å². The van der Waals surface area contributed by atoms with Gasteiger partial charge in [0.1, 0.15) is 4.32 Å². The molecule has 0 atom stereocenters. The van der Waals surface area contributed by atoms with Crippen LogP contribution >= 0.6 is 22.2 Å². The minimum atomic E-state index is -1.40. The molecule has 0 radical (unpaired) electrons. The molecule has 0 bridgehead atoms. The molecule has 0 fully saturated rings. The first-order chi connectivity index (χ1) is 4.63. The number of carbonyl (C=O) groups is 1. The quantitative estimate of drug-likeness (QED) is 0.462. The minimum absolute atomic E-state index is 0. The molecule has 0 heterocycles. The fourth-order valence-corrected chi connectivity index (χ4v) is 2.84. The molecule has 0 aliphatic carbocycles. The van der Waals surface area contributed by atoms with E-state index in [4.69, 9.17) is 18.0 Å². The van der Waals surface area contributed by atoms with Crippen LogP contribution in [-0.4, -0.2) is 21.4 Å². The van der Waals surface area contributed by atoms with Crippen LogP contribution in [0.2, 0.25) is 0 Å².